The predicted octanol–water partition coefficient (Wildman–Crippen LogP) is -0.00740. The molecule has 0 aliphatic carbocycles. The number of rotatable bonds is 3. The summed E-state index contributed by atoms with van der Waals surface area (Å²) in [6.45, 7) is 1.35. The molecule has 1 amide bonds. The first-order chi connectivity index (χ1) is 7.46. The van der Waals surface area contributed by atoms with Crippen LogP contribution >= 0.6 is 0 Å². The van der Waals surface area contributed by atoms with Crippen molar-refractivity contribution in [2.45, 2.75) is 18.8 Å². The van der Waals surface area contributed by atoms with Gasteiger partial charge in [-0.25, -0.2) is 8.78 Å². The van der Waals surface area contributed by atoms with Crippen LogP contribution in [0.4, 0.5) is 13.6 Å². The number of carbonyl (C=O) groups excluding carboxylic acids is 1. The third-order valence-corrected chi connectivity index (χ3v) is 3.31. The van der Waals surface area contributed by atoms with E-state index in [9.17, 15) is 18.7 Å². The Kier molecular flexibility index (Phi) is 3.01. The van der Waals surface area contributed by atoms with Crippen LogP contribution in [0.15, 0.2) is 0 Å². The second-order valence-electron chi connectivity index (χ2n) is 4.72. The second-order valence-corrected chi connectivity index (χ2v) is 4.72. The summed E-state index contributed by atoms with van der Waals surface area (Å²) >= 11 is 0. The Labute approximate surface area is 92.8 Å². The van der Waals surface area contributed by atoms with Gasteiger partial charge in [0.2, 0.25) is 0 Å². The molecule has 0 unspecified atom stereocenters. The topological polar surface area (TPSA) is 46.6 Å². The summed E-state index contributed by atoms with van der Waals surface area (Å²) in [5.74, 6) is -2.21. The normalized spacial score (nSPS) is 29.1. The van der Waals surface area contributed by atoms with Gasteiger partial charge in [0, 0.05) is 13.1 Å². The molecule has 6 heteroatoms. The summed E-state index contributed by atoms with van der Waals surface area (Å²) in [5, 5.41) is 10.5. The Morgan fingerprint density at radius 3 is 2.62 bits per heavy atom. The van der Waals surface area contributed by atoms with E-state index in [1.54, 1.807) is 4.90 Å². The number of hydrogen-bond acceptors (Lipinski definition) is 3. The van der Waals surface area contributed by atoms with E-state index < -0.39 is 12.0 Å². The number of alkyl halides is 2. The fourth-order valence-electron chi connectivity index (χ4n) is 2.37. The first-order valence-corrected chi connectivity index (χ1v) is 5.52. The first kappa shape index (κ1) is 11.6. The number of amides is 1. The first-order valence-electron chi connectivity index (χ1n) is 5.52. The zero-order valence-electron chi connectivity index (χ0n) is 8.99. The second kappa shape index (κ2) is 4.16. The molecule has 0 spiro atoms. The Morgan fingerprint density at radius 1 is 1.44 bits per heavy atom. The fourth-order valence-corrected chi connectivity index (χ4v) is 2.37. The zero-order valence-corrected chi connectivity index (χ0v) is 8.99. The summed E-state index contributed by atoms with van der Waals surface area (Å²) in [6.07, 6.45) is 0.482. The smallest absolute Gasteiger partial charge is 0.272 e. The van der Waals surface area contributed by atoms with Crippen LogP contribution in [0.2, 0.25) is 0 Å². The van der Waals surface area contributed by atoms with Gasteiger partial charge in [-0.1, -0.05) is 0 Å². The molecule has 2 aliphatic rings. The fraction of sp³-hybridized carbons (Fsp3) is 0.900. The Balaban J connectivity index is 1.63. The maximum absolute atomic E-state index is 12.5. The van der Waals surface area contributed by atoms with E-state index in [1.807, 2.05) is 0 Å². The number of carboxylic acid groups (broad SMARTS) is 1. The van der Waals surface area contributed by atoms with Gasteiger partial charge in [-0.2, -0.15) is 0 Å². The molecule has 1 atom stereocenters. The maximum atomic E-state index is 12.5. The zero-order chi connectivity index (χ0) is 11.8. The minimum Gasteiger partial charge on any atom is -0.530 e. The van der Waals surface area contributed by atoms with Crippen molar-refractivity contribution in [1.29, 1.82) is 0 Å². The molecule has 16 heavy (non-hydrogen) atoms. The van der Waals surface area contributed by atoms with Gasteiger partial charge in [0.1, 0.15) is 6.09 Å². The van der Waals surface area contributed by atoms with Crippen LogP contribution in [0.1, 0.15) is 12.8 Å². The third kappa shape index (κ3) is 2.61. The van der Waals surface area contributed by atoms with Gasteiger partial charge >= 0.3 is 0 Å². The molecule has 2 heterocycles. The standard InChI is InChI=1S/C10H16F2N2O2/c11-10(12)6-13(7-10)3-1-8-2-4-14(5-8)9(15)16/h8H,1-7H2,(H,15,16)/p-1/t8-/m1/s1. The quantitative estimate of drug-likeness (QED) is 0.689. The summed E-state index contributed by atoms with van der Waals surface area (Å²) in [5.41, 5.74) is 0. The van der Waals surface area contributed by atoms with Gasteiger partial charge in [0.25, 0.3) is 5.92 Å². The van der Waals surface area contributed by atoms with Crippen molar-refractivity contribution in [2.75, 3.05) is 32.7 Å². The number of hydrogen-bond donors (Lipinski definition) is 0. The van der Waals surface area contributed by atoms with Gasteiger partial charge in [-0.15, -0.1) is 0 Å². The molecular weight excluding hydrogens is 218 g/mol. The van der Waals surface area contributed by atoms with Crippen LogP contribution in [0.5, 0.6) is 0 Å². The summed E-state index contributed by atoms with van der Waals surface area (Å²) in [7, 11) is 0. The molecule has 2 aliphatic heterocycles. The summed E-state index contributed by atoms with van der Waals surface area (Å²) in [6, 6.07) is 0. The van der Waals surface area contributed by atoms with Crippen molar-refractivity contribution in [3.05, 3.63) is 0 Å². The van der Waals surface area contributed by atoms with E-state index in [-0.39, 0.29) is 13.1 Å². The Morgan fingerprint density at radius 2 is 2.12 bits per heavy atom. The summed E-state index contributed by atoms with van der Waals surface area (Å²) in [4.78, 5) is 13.5. The molecule has 2 rings (SSSR count). The molecule has 2 fully saturated rings. The highest BCUT2D eigenvalue weighted by molar-refractivity contribution is 5.62. The maximum Gasteiger partial charge on any atom is 0.272 e. The highest BCUT2D eigenvalue weighted by Crippen LogP contribution is 2.28. The Hall–Kier alpha value is -0.910. The number of halogens is 2. The molecule has 2 saturated heterocycles. The van der Waals surface area contributed by atoms with Crippen molar-refractivity contribution >= 4 is 6.09 Å². The highest BCUT2D eigenvalue weighted by atomic mass is 19.3. The monoisotopic (exact) mass is 233 g/mol. The van der Waals surface area contributed by atoms with E-state index >= 15 is 0 Å². The van der Waals surface area contributed by atoms with Crippen molar-refractivity contribution in [1.82, 2.24) is 9.80 Å². The van der Waals surface area contributed by atoms with Crippen LogP contribution < -0.4 is 5.11 Å². The summed E-state index contributed by atoms with van der Waals surface area (Å²) < 4.78 is 25.0. The minimum absolute atomic E-state index is 0.149. The molecular formula is C10H15F2N2O2-. The largest absolute Gasteiger partial charge is 0.530 e. The molecule has 0 saturated carbocycles. The lowest BCUT2D eigenvalue weighted by Gasteiger charge is -2.39. The Bertz CT molecular complexity index is 278. The number of carbonyl (C=O) groups is 1. The van der Waals surface area contributed by atoms with Crippen LogP contribution in [0.25, 0.3) is 0 Å². The molecule has 0 aromatic rings. The van der Waals surface area contributed by atoms with Crippen LogP contribution in [0.3, 0.4) is 0 Å². The molecule has 92 valence electrons. The average molecular weight is 233 g/mol. The minimum atomic E-state index is -2.51. The van der Waals surface area contributed by atoms with Gasteiger partial charge < -0.3 is 14.8 Å². The molecule has 0 radical (unpaired) electrons. The van der Waals surface area contributed by atoms with Gasteiger partial charge in [-0.05, 0) is 25.3 Å². The molecule has 0 aromatic carbocycles. The lowest BCUT2D eigenvalue weighted by molar-refractivity contribution is -0.264. The lowest BCUT2D eigenvalue weighted by atomic mass is 10.0. The van der Waals surface area contributed by atoms with Crippen molar-refractivity contribution in [3.63, 3.8) is 0 Å². The number of likely N-dealkylation sites (tertiary alicyclic amines) is 2. The molecule has 0 bridgehead atoms. The van der Waals surface area contributed by atoms with E-state index in [0.717, 1.165) is 12.8 Å². The van der Waals surface area contributed by atoms with E-state index in [1.165, 1.54) is 4.90 Å². The van der Waals surface area contributed by atoms with Gasteiger partial charge in [-0.3, -0.25) is 4.90 Å². The van der Waals surface area contributed by atoms with Crippen LogP contribution in [-0.4, -0.2) is 54.5 Å². The van der Waals surface area contributed by atoms with Gasteiger partial charge in [0.15, 0.2) is 0 Å². The average Bonchev–Trinajstić information content (AvgIpc) is 2.59. The molecule has 0 N–H and O–H groups in total. The van der Waals surface area contributed by atoms with E-state index in [2.05, 4.69) is 0 Å². The third-order valence-electron chi connectivity index (χ3n) is 3.31. The van der Waals surface area contributed by atoms with Crippen molar-refractivity contribution in [2.24, 2.45) is 5.92 Å². The van der Waals surface area contributed by atoms with E-state index in [4.69, 9.17) is 0 Å². The van der Waals surface area contributed by atoms with Crippen LogP contribution in [0, 0.1) is 5.92 Å². The van der Waals surface area contributed by atoms with Crippen LogP contribution in [-0.2, 0) is 0 Å². The number of nitrogens with zero attached hydrogens (tertiary/aromatic N) is 2. The highest BCUT2D eigenvalue weighted by Gasteiger charge is 2.43. The molecule has 4 nitrogen and oxygen atoms in total. The van der Waals surface area contributed by atoms with Gasteiger partial charge in [0.05, 0.1) is 13.1 Å². The van der Waals surface area contributed by atoms with E-state index in [0.29, 0.717) is 25.6 Å². The van der Waals surface area contributed by atoms with Crippen molar-refractivity contribution in [3.8, 4) is 0 Å². The lowest BCUT2D eigenvalue weighted by Crippen LogP contribution is -2.56. The predicted molar refractivity (Wildman–Crippen MR) is 51.1 cm³/mol. The van der Waals surface area contributed by atoms with Crippen molar-refractivity contribution < 1.29 is 18.7 Å². The molecule has 0 aromatic heterocycles. The SMILES string of the molecule is O=C([O-])N1CC[C@@H](CCN2CC(F)(F)C2)C1.